The van der Waals surface area contributed by atoms with Crippen molar-refractivity contribution in [3.8, 4) is 5.75 Å². The fraction of sp³-hybridized carbons (Fsp3) is 0.200. The van der Waals surface area contributed by atoms with Gasteiger partial charge in [-0.05, 0) is 18.2 Å². The highest BCUT2D eigenvalue weighted by Gasteiger charge is 2.29. The van der Waals surface area contributed by atoms with Crippen molar-refractivity contribution in [2.24, 2.45) is 5.10 Å². The van der Waals surface area contributed by atoms with Crippen molar-refractivity contribution in [3.05, 3.63) is 59.1 Å². The number of carbonyl (C=O) groups is 3. The standard InChI is InChI=1S/C20H18ClN3O5/c1-28-16-9-7-13(11-14(16)21)22-19(26)18(12-5-3-2-4-6-12)29-20(27)15-8-10-17(25)24-23-15/h2-7,9,11,18H,8,10H2,1H3,(H,22,26)(H,24,25)/t18-/m0/s1. The van der Waals surface area contributed by atoms with Crippen LogP contribution in [-0.2, 0) is 19.1 Å². The summed E-state index contributed by atoms with van der Waals surface area (Å²) in [4.78, 5) is 36.5. The molecule has 29 heavy (non-hydrogen) atoms. The summed E-state index contributed by atoms with van der Waals surface area (Å²) in [7, 11) is 1.49. The average molecular weight is 416 g/mol. The van der Waals surface area contributed by atoms with Gasteiger partial charge in [0.05, 0.1) is 12.1 Å². The topological polar surface area (TPSA) is 106 Å². The molecule has 1 atom stereocenters. The Labute approximate surface area is 171 Å². The van der Waals surface area contributed by atoms with Gasteiger partial charge in [0.1, 0.15) is 11.5 Å². The second-order valence-electron chi connectivity index (χ2n) is 6.13. The van der Waals surface area contributed by atoms with Crippen LogP contribution in [0.1, 0.15) is 24.5 Å². The number of halogens is 1. The van der Waals surface area contributed by atoms with Gasteiger partial charge in [-0.15, -0.1) is 0 Å². The summed E-state index contributed by atoms with van der Waals surface area (Å²) in [6.45, 7) is 0. The molecule has 0 saturated carbocycles. The summed E-state index contributed by atoms with van der Waals surface area (Å²) in [5.41, 5.74) is 3.18. The van der Waals surface area contributed by atoms with Crippen LogP contribution in [0.2, 0.25) is 5.02 Å². The summed E-state index contributed by atoms with van der Waals surface area (Å²) >= 11 is 6.10. The largest absolute Gasteiger partial charge is 0.495 e. The van der Waals surface area contributed by atoms with E-state index in [1.54, 1.807) is 42.5 Å². The average Bonchev–Trinajstić information content (AvgIpc) is 2.73. The number of esters is 1. The zero-order valence-electron chi connectivity index (χ0n) is 15.5. The maximum absolute atomic E-state index is 12.9. The maximum Gasteiger partial charge on any atom is 0.355 e. The zero-order valence-corrected chi connectivity index (χ0v) is 16.2. The molecule has 1 aliphatic rings. The van der Waals surface area contributed by atoms with Crippen molar-refractivity contribution in [2.75, 3.05) is 12.4 Å². The Morgan fingerprint density at radius 1 is 1.17 bits per heavy atom. The first-order valence-corrected chi connectivity index (χ1v) is 9.11. The number of nitrogens with one attached hydrogen (secondary N) is 2. The molecule has 0 spiro atoms. The maximum atomic E-state index is 12.9. The Kier molecular flexibility index (Phi) is 6.46. The molecule has 0 fully saturated rings. The number of benzene rings is 2. The minimum atomic E-state index is -1.22. The Hall–Kier alpha value is -3.39. The van der Waals surface area contributed by atoms with Crippen LogP contribution in [0.25, 0.3) is 0 Å². The lowest BCUT2D eigenvalue weighted by Gasteiger charge is -2.19. The molecule has 0 radical (unpaired) electrons. The predicted molar refractivity (Wildman–Crippen MR) is 107 cm³/mol. The van der Waals surface area contributed by atoms with Crippen molar-refractivity contribution in [2.45, 2.75) is 18.9 Å². The Bertz CT molecular complexity index is 962. The lowest BCUT2D eigenvalue weighted by Crippen LogP contribution is -2.33. The molecule has 9 heteroatoms. The van der Waals surface area contributed by atoms with E-state index in [-0.39, 0.29) is 24.5 Å². The van der Waals surface area contributed by atoms with E-state index in [9.17, 15) is 14.4 Å². The number of nitrogens with zero attached hydrogens (tertiary/aromatic N) is 1. The fourth-order valence-electron chi connectivity index (χ4n) is 2.65. The van der Waals surface area contributed by atoms with Crippen LogP contribution in [0.4, 0.5) is 5.69 Å². The molecule has 0 saturated heterocycles. The second kappa shape index (κ2) is 9.20. The van der Waals surface area contributed by atoms with Crippen LogP contribution < -0.4 is 15.5 Å². The van der Waals surface area contributed by atoms with Crippen LogP contribution in [-0.4, -0.2) is 30.6 Å². The van der Waals surface area contributed by atoms with Crippen molar-refractivity contribution in [1.82, 2.24) is 5.43 Å². The van der Waals surface area contributed by atoms with Crippen LogP contribution in [0, 0.1) is 0 Å². The summed E-state index contributed by atoms with van der Waals surface area (Å²) in [5, 5.41) is 6.72. The highest BCUT2D eigenvalue weighted by molar-refractivity contribution is 6.37. The van der Waals surface area contributed by atoms with Gasteiger partial charge in [0.2, 0.25) is 12.0 Å². The highest BCUT2D eigenvalue weighted by atomic mass is 35.5. The van der Waals surface area contributed by atoms with E-state index < -0.39 is 18.0 Å². The predicted octanol–water partition coefficient (Wildman–Crippen LogP) is 2.84. The van der Waals surface area contributed by atoms with E-state index in [0.717, 1.165) is 0 Å². The van der Waals surface area contributed by atoms with Crippen molar-refractivity contribution in [1.29, 1.82) is 0 Å². The first-order chi connectivity index (χ1) is 14.0. The van der Waals surface area contributed by atoms with Gasteiger partial charge in [0.15, 0.2) is 0 Å². The van der Waals surface area contributed by atoms with Crippen molar-refractivity contribution < 1.29 is 23.9 Å². The Morgan fingerprint density at radius 3 is 2.55 bits per heavy atom. The highest BCUT2D eigenvalue weighted by Crippen LogP contribution is 2.28. The van der Waals surface area contributed by atoms with E-state index in [1.807, 2.05) is 0 Å². The number of rotatable bonds is 6. The number of methoxy groups -OCH3 is 1. The monoisotopic (exact) mass is 415 g/mol. The summed E-state index contributed by atoms with van der Waals surface area (Å²) in [6, 6.07) is 13.3. The number of ether oxygens (including phenoxy) is 2. The van der Waals surface area contributed by atoms with Crippen molar-refractivity contribution >= 4 is 40.8 Å². The van der Waals surface area contributed by atoms with E-state index in [2.05, 4.69) is 15.8 Å². The third-order valence-electron chi connectivity index (χ3n) is 4.12. The number of anilines is 1. The van der Waals surface area contributed by atoms with Crippen LogP contribution in [0.5, 0.6) is 5.75 Å². The molecule has 1 heterocycles. The quantitative estimate of drug-likeness (QED) is 0.705. The lowest BCUT2D eigenvalue weighted by molar-refractivity contribution is -0.148. The van der Waals surface area contributed by atoms with Gasteiger partial charge in [-0.2, -0.15) is 5.10 Å². The van der Waals surface area contributed by atoms with E-state index >= 15 is 0 Å². The molecular formula is C20H18ClN3O5. The van der Waals surface area contributed by atoms with Crippen molar-refractivity contribution in [3.63, 3.8) is 0 Å². The molecule has 0 aromatic heterocycles. The van der Waals surface area contributed by atoms with Gasteiger partial charge in [-0.25, -0.2) is 10.2 Å². The SMILES string of the molecule is COc1ccc(NC(=O)[C@@H](OC(=O)C2=NNC(=O)CC2)c2ccccc2)cc1Cl. The zero-order chi connectivity index (χ0) is 20.8. The second-order valence-corrected chi connectivity index (χ2v) is 6.54. The summed E-state index contributed by atoms with van der Waals surface area (Å²) in [6.07, 6.45) is -0.951. The van der Waals surface area contributed by atoms with Gasteiger partial charge in [-0.3, -0.25) is 9.59 Å². The lowest BCUT2D eigenvalue weighted by atomic mass is 10.1. The van der Waals surface area contributed by atoms with Gasteiger partial charge in [-0.1, -0.05) is 41.9 Å². The molecular weight excluding hydrogens is 398 g/mol. The minimum Gasteiger partial charge on any atom is -0.495 e. The minimum absolute atomic E-state index is 0.0471. The third-order valence-corrected chi connectivity index (χ3v) is 4.42. The van der Waals surface area contributed by atoms with Crippen LogP contribution in [0.3, 0.4) is 0 Å². The molecule has 150 valence electrons. The smallest absolute Gasteiger partial charge is 0.355 e. The van der Waals surface area contributed by atoms with Crippen LogP contribution >= 0.6 is 11.6 Å². The van der Waals surface area contributed by atoms with Gasteiger partial charge >= 0.3 is 5.97 Å². The molecule has 2 amide bonds. The molecule has 0 unspecified atom stereocenters. The third kappa shape index (κ3) is 5.11. The molecule has 2 N–H and O–H groups in total. The van der Waals surface area contributed by atoms with E-state index in [1.165, 1.54) is 13.2 Å². The number of amides is 2. The molecule has 2 aromatic rings. The first-order valence-electron chi connectivity index (χ1n) is 8.73. The molecule has 0 aliphatic carbocycles. The summed E-state index contributed by atoms with van der Waals surface area (Å²) < 4.78 is 10.5. The normalized spacial score (nSPS) is 14.3. The number of hydrazone groups is 1. The van der Waals surface area contributed by atoms with Crippen LogP contribution in [0.15, 0.2) is 53.6 Å². The van der Waals surface area contributed by atoms with Gasteiger partial charge in [0, 0.05) is 24.1 Å². The number of carbonyl (C=O) groups excluding carboxylic acids is 3. The first kappa shape index (κ1) is 20.3. The van der Waals surface area contributed by atoms with E-state index in [0.29, 0.717) is 22.0 Å². The molecule has 2 aromatic carbocycles. The van der Waals surface area contributed by atoms with Gasteiger partial charge in [0.25, 0.3) is 5.91 Å². The van der Waals surface area contributed by atoms with Gasteiger partial charge < -0.3 is 14.8 Å². The molecule has 0 bridgehead atoms. The Morgan fingerprint density at radius 2 is 1.93 bits per heavy atom. The van der Waals surface area contributed by atoms with E-state index in [4.69, 9.17) is 21.1 Å². The molecule has 1 aliphatic heterocycles. The Balaban J connectivity index is 1.80. The number of hydrogen-bond donors (Lipinski definition) is 2. The number of hydrogen-bond acceptors (Lipinski definition) is 6. The molecule has 3 rings (SSSR count). The molecule has 8 nitrogen and oxygen atoms in total. The fourth-order valence-corrected chi connectivity index (χ4v) is 2.91. The summed E-state index contributed by atoms with van der Waals surface area (Å²) in [5.74, 6) is -1.16.